The topological polar surface area (TPSA) is 111 Å². The van der Waals surface area contributed by atoms with Gasteiger partial charge < -0.3 is 25.7 Å². The van der Waals surface area contributed by atoms with Crippen LogP contribution >= 0.6 is 11.6 Å². The van der Waals surface area contributed by atoms with Crippen molar-refractivity contribution in [2.75, 3.05) is 6.61 Å². The van der Waals surface area contributed by atoms with Crippen molar-refractivity contribution in [3.63, 3.8) is 0 Å². The zero-order chi connectivity index (χ0) is 28.1. The van der Waals surface area contributed by atoms with Gasteiger partial charge in [-0.1, -0.05) is 48.0 Å². The first kappa shape index (κ1) is 27.4. The van der Waals surface area contributed by atoms with E-state index in [-0.39, 0.29) is 18.3 Å². The molecule has 40 heavy (non-hydrogen) atoms. The Balaban J connectivity index is 1.27. The van der Waals surface area contributed by atoms with Crippen LogP contribution in [0.4, 0.5) is 4.39 Å². The molecule has 1 unspecified atom stereocenters. The molecule has 2 amide bonds. The van der Waals surface area contributed by atoms with Gasteiger partial charge >= 0.3 is 0 Å². The van der Waals surface area contributed by atoms with E-state index in [9.17, 15) is 14.0 Å². The predicted octanol–water partition coefficient (Wildman–Crippen LogP) is 4.16. The SMILES string of the molecule is NC(=O)[C@H](Cc1ccc(Cl)cc1)NC(=O)c1cccc2c1OCCC2NCc1cncn1Cc1ccc(F)cc1. The van der Waals surface area contributed by atoms with E-state index in [1.54, 1.807) is 61.1 Å². The normalized spacial score (nSPS) is 15.1. The van der Waals surface area contributed by atoms with E-state index in [1.807, 2.05) is 10.6 Å². The average molecular weight is 562 g/mol. The Morgan fingerprint density at radius 2 is 1.85 bits per heavy atom. The fraction of sp³-hybridized carbons (Fsp3) is 0.233. The monoisotopic (exact) mass is 561 g/mol. The second-order valence-corrected chi connectivity index (χ2v) is 10.1. The third kappa shape index (κ3) is 6.50. The number of hydrogen-bond donors (Lipinski definition) is 3. The maximum Gasteiger partial charge on any atom is 0.255 e. The number of carbonyl (C=O) groups excluding carboxylic acids is 2. The molecule has 5 rings (SSSR count). The molecular weight excluding hydrogens is 533 g/mol. The van der Waals surface area contributed by atoms with Crippen molar-refractivity contribution in [3.05, 3.63) is 118 Å². The summed E-state index contributed by atoms with van der Waals surface area (Å²) in [4.78, 5) is 29.7. The summed E-state index contributed by atoms with van der Waals surface area (Å²) in [5.41, 5.74) is 9.57. The molecule has 1 aliphatic heterocycles. The predicted molar refractivity (Wildman–Crippen MR) is 149 cm³/mol. The van der Waals surface area contributed by atoms with E-state index in [1.165, 1.54) is 12.1 Å². The Kier molecular flexibility index (Phi) is 8.42. The van der Waals surface area contributed by atoms with Crippen LogP contribution in [-0.2, 0) is 24.3 Å². The number of ether oxygens (including phenoxy) is 1. The number of nitrogens with two attached hydrogens (primary N) is 1. The smallest absolute Gasteiger partial charge is 0.255 e. The highest BCUT2D eigenvalue weighted by atomic mass is 35.5. The molecule has 0 radical (unpaired) electrons. The van der Waals surface area contributed by atoms with Gasteiger partial charge in [0.2, 0.25) is 5.91 Å². The highest BCUT2D eigenvalue weighted by molar-refractivity contribution is 6.30. The summed E-state index contributed by atoms with van der Waals surface area (Å²) in [6.07, 6.45) is 4.50. The van der Waals surface area contributed by atoms with Gasteiger partial charge in [0, 0.05) is 48.8 Å². The Morgan fingerprint density at radius 1 is 1.10 bits per heavy atom. The second kappa shape index (κ2) is 12.3. The Bertz CT molecular complexity index is 1490. The van der Waals surface area contributed by atoms with Crippen LogP contribution in [0.1, 0.15) is 45.2 Å². The van der Waals surface area contributed by atoms with Crippen molar-refractivity contribution in [1.29, 1.82) is 0 Å². The van der Waals surface area contributed by atoms with Crippen molar-refractivity contribution in [2.45, 2.75) is 38.0 Å². The number of rotatable bonds is 10. The number of benzene rings is 3. The molecule has 2 atom stereocenters. The second-order valence-electron chi connectivity index (χ2n) is 9.69. The number of nitrogens with one attached hydrogen (secondary N) is 2. The number of fused-ring (bicyclic) bond motifs is 1. The molecule has 2 heterocycles. The number of nitrogens with zero attached hydrogens (tertiary/aromatic N) is 2. The van der Waals surface area contributed by atoms with Crippen LogP contribution < -0.4 is 21.1 Å². The highest BCUT2D eigenvalue weighted by Crippen LogP contribution is 2.35. The third-order valence-corrected chi connectivity index (χ3v) is 7.17. The quantitative estimate of drug-likeness (QED) is 0.269. The van der Waals surface area contributed by atoms with E-state index >= 15 is 0 Å². The Hall–Kier alpha value is -4.21. The number of hydrogen-bond acceptors (Lipinski definition) is 5. The molecule has 0 fully saturated rings. The zero-order valence-corrected chi connectivity index (χ0v) is 22.4. The molecule has 10 heteroatoms. The van der Waals surface area contributed by atoms with Gasteiger partial charge in [0.05, 0.1) is 24.2 Å². The first-order valence-corrected chi connectivity index (χ1v) is 13.3. The van der Waals surface area contributed by atoms with Crippen LogP contribution in [0.2, 0.25) is 5.02 Å². The van der Waals surface area contributed by atoms with Crippen molar-refractivity contribution in [1.82, 2.24) is 20.2 Å². The van der Waals surface area contributed by atoms with Crippen molar-refractivity contribution in [2.24, 2.45) is 5.73 Å². The molecule has 3 aromatic carbocycles. The van der Waals surface area contributed by atoms with Crippen molar-refractivity contribution >= 4 is 23.4 Å². The molecule has 8 nitrogen and oxygen atoms in total. The van der Waals surface area contributed by atoms with Gasteiger partial charge in [0.25, 0.3) is 5.91 Å². The minimum Gasteiger partial charge on any atom is -0.492 e. The lowest BCUT2D eigenvalue weighted by Crippen LogP contribution is -2.46. The maximum absolute atomic E-state index is 13.3. The lowest BCUT2D eigenvalue weighted by atomic mass is 9.96. The molecule has 4 aromatic rings. The van der Waals surface area contributed by atoms with E-state index in [2.05, 4.69) is 15.6 Å². The number of carbonyl (C=O) groups is 2. The van der Waals surface area contributed by atoms with Crippen LogP contribution in [0.3, 0.4) is 0 Å². The summed E-state index contributed by atoms with van der Waals surface area (Å²) in [5, 5.41) is 6.91. The van der Waals surface area contributed by atoms with Gasteiger partial charge in [-0.3, -0.25) is 9.59 Å². The first-order chi connectivity index (χ1) is 19.4. The lowest BCUT2D eigenvalue weighted by molar-refractivity contribution is -0.119. The Labute approximate surface area is 236 Å². The van der Waals surface area contributed by atoms with Gasteiger partial charge in [-0.15, -0.1) is 0 Å². The number of aromatic nitrogens is 2. The number of primary amides is 1. The van der Waals surface area contributed by atoms with E-state index < -0.39 is 17.9 Å². The van der Waals surface area contributed by atoms with Crippen LogP contribution in [0.5, 0.6) is 5.75 Å². The summed E-state index contributed by atoms with van der Waals surface area (Å²) >= 11 is 5.95. The summed E-state index contributed by atoms with van der Waals surface area (Å²) in [6.45, 7) is 1.53. The molecule has 0 aliphatic carbocycles. The first-order valence-electron chi connectivity index (χ1n) is 12.9. The summed E-state index contributed by atoms with van der Waals surface area (Å²) < 4.78 is 21.2. The van der Waals surface area contributed by atoms with Gasteiger partial charge in [-0.05, 0) is 41.5 Å². The number of amides is 2. The van der Waals surface area contributed by atoms with Crippen LogP contribution in [0, 0.1) is 5.82 Å². The molecule has 0 saturated heterocycles. The molecule has 0 bridgehead atoms. The molecule has 4 N–H and O–H groups in total. The highest BCUT2D eigenvalue weighted by Gasteiger charge is 2.28. The fourth-order valence-electron chi connectivity index (χ4n) is 4.78. The van der Waals surface area contributed by atoms with Gasteiger partial charge in [0.15, 0.2) is 0 Å². The molecule has 1 aliphatic rings. The van der Waals surface area contributed by atoms with Crippen molar-refractivity contribution < 1.29 is 18.7 Å². The number of halogens is 2. The van der Waals surface area contributed by atoms with Gasteiger partial charge in [-0.2, -0.15) is 0 Å². The summed E-state index contributed by atoms with van der Waals surface area (Å²) in [7, 11) is 0. The molecule has 0 saturated carbocycles. The summed E-state index contributed by atoms with van der Waals surface area (Å²) in [5.74, 6) is -0.856. The average Bonchev–Trinajstić information content (AvgIpc) is 3.40. The van der Waals surface area contributed by atoms with E-state index in [0.29, 0.717) is 42.5 Å². The van der Waals surface area contributed by atoms with Gasteiger partial charge in [-0.25, -0.2) is 9.37 Å². The lowest BCUT2D eigenvalue weighted by Gasteiger charge is -2.28. The third-order valence-electron chi connectivity index (χ3n) is 6.91. The van der Waals surface area contributed by atoms with E-state index in [0.717, 1.165) is 22.4 Å². The molecule has 0 spiro atoms. The number of imidazole rings is 1. The van der Waals surface area contributed by atoms with Crippen molar-refractivity contribution in [3.8, 4) is 5.75 Å². The molecule has 1 aromatic heterocycles. The summed E-state index contributed by atoms with van der Waals surface area (Å²) in [6, 6.07) is 17.9. The minimum atomic E-state index is -0.900. The Morgan fingerprint density at radius 3 is 2.60 bits per heavy atom. The van der Waals surface area contributed by atoms with Crippen LogP contribution in [0.15, 0.2) is 79.3 Å². The number of para-hydroxylation sites is 1. The van der Waals surface area contributed by atoms with Crippen LogP contribution in [-0.4, -0.2) is 34.0 Å². The van der Waals surface area contributed by atoms with Gasteiger partial charge in [0.1, 0.15) is 17.6 Å². The maximum atomic E-state index is 13.3. The fourth-order valence-corrected chi connectivity index (χ4v) is 4.91. The van der Waals surface area contributed by atoms with E-state index in [4.69, 9.17) is 22.1 Å². The molecular formula is C30H29ClFN5O3. The molecule has 206 valence electrons. The zero-order valence-electron chi connectivity index (χ0n) is 21.6. The standard InChI is InChI=1S/C30H29ClFN5O3/c31-21-8-4-19(5-9-21)14-27(29(33)38)36-30(39)25-3-1-2-24-26(12-13-40-28(24)25)35-16-23-15-34-18-37(23)17-20-6-10-22(32)11-7-20/h1-11,15,18,26-27,35H,12-14,16-17H2,(H2,33,38)(H,36,39)/t26?,27-/m0/s1. The van der Waals surface area contributed by atoms with Crippen LogP contribution in [0.25, 0.3) is 0 Å². The largest absolute Gasteiger partial charge is 0.492 e. The minimum absolute atomic E-state index is 0.0633.